The van der Waals surface area contributed by atoms with E-state index in [1.165, 1.54) is 13.2 Å². The molecule has 0 radical (unpaired) electrons. The Bertz CT molecular complexity index is 391. The van der Waals surface area contributed by atoms with Crippen LogP contribution in [0.25, 0.3) is 0 Å². The fourth-order valence-electron chi connectivity index (χ4n) is 1.99. The first-order valence-corrected chi connectivity index (χ1v) is 5.88. The summed E-state index contributed by atoms with van der Waals surface area (Å²) in [6.07, 6.45) is 2.76. The fourth-order valence-corrected chi connectivity index (χ4v) is 1.99. The van der Waals surface area contributed by atoms with E-state index in [2.05, 4.69) is 5.32 Å². The molecule has 0 bridgehead atoms. The predicted molar refractivity (Wildman–Crippen MR) is 63.5 cm³/mol. The lowest BCUT2D eigenvalue weighted by molar-refractivity contribution is -0.0315. The maximum absolute atomic E-state index is 13.6. The highest BCUT2D eigenvalue weighted by molar-refractivity contribution is 5.28. The van der Waals surface area contributed by atoms with Gasteiger partial charge in [0.2, 0.25) is 0 Å². The Kier molecular flexibility index (Phi) is 3.64. The Balaban J connectivity index is 1.86. The van der Waals surface area contributed by atoms with Gasteiger partial charge in [-0.3, -0.25) is 0 Å². The van der Waals surface area contributed by atoms with Gasteiger partial charge in [-0.1, -0.05) is 6.07 Å². The van der Waals surface area contributed by atoms with Crippen LogP contribution in [-0.2, 0) is 6.54 Å². The molecule has 1 aliphatic carbocycles. The zero-order valence-corrected chi connectivity index (χ0v) is 10.0. The minimum Gasteiger partial charge on any atom is -0.497 e. The quantitative estimate of drug-likeness (QED) is 0.823. The standard InChI is InChI=1S/C13H18FNO2/c1-17-11-4-3-10(12(14)7-11)8-15-9-13(16)5-2-6-13/h3-4,7,15-16H,2,5-6,8-9H2,1H3. The number of benzene rings is 1. The van der Waals surface area contributed by atoms with Crippen LogP contribution in [-0.4, -0.2) is 24.4 Å². The molecule has 0 aromatic heterocycles. The van der Waals surface area contributed by atoms with Crippen molar-refractivity contribution in [3.05, 3.63) is 29.6 Å². The van der Waals surface area contributed by atoms with Gasteiger partial charge in [-0.2, -0.15) is 0 Å². The molecule has 0 heterocycles. The molecule has 0 atom stereocenters. The molecule has 2 rings (SSSR count). The molecular formula is C13H18FNO2. The molecule has 1 fully saturated rings. The van der Waals surface area contributed by atoms with Crippen molar-refractivity contribution in [2.75, 3.05) is 13.7 Å². The minimum atomic E-state index is -0.567. The number of hydrogen-bond donors (Lipinski definition) is 2. The molecule has 0 amide bonds. The Labute approximate surface area is 101 Å². The van der Waals surface area contributed by atoms with Crippen molar-refractivity contribution in [3.63, 3.8) is 0 Å². The number of nitrogens with one attached hydrogen (secondary N) is 1. The van der Waals surface area contributed by atoms with E-state index in [-0.39, 0.29) is 5.82 Å². The first-order chi connectivity index (χ1) is 8.13. The van der Waals surface area contributed by atoms with Crippen LogP contribution >= 0.6 is 0 Å². The van der Waals surface area contributed by atoms with Gasteiger partial charge in [-0.05, 0) is 25.3 Å². The van der Waals surface area contributed by atoms with E-state index in [1.807, 2.05) is 0 Å². The minimum absolute atomic E-state index is 0.280. The lowest BCUT2D eigenvalue weighted by Gasteiger charge is -2.36. The van der Waals surface area contributed by atoms with E-state index in [0.29, 0.717) is 24.4 Å². The summed E-state index contributed by atoms with van der Waals surface area (Å²) in [6, 6.07) is 4.80. The molecule has 0 saturated heterocycles. The summed E-state index contributed by atoms with van der Waals surface area (Å²) in [7, 11) is 1.51. The highest BCUT2D eigenvalue weighted by Gasteiger charge is 2.33. The van der Waals surface area contributed by atoms with E-state index in [4.69, 9.17) is 4.74 Å². The SMILES string of the molecule is COc1ccc(CNCC2(O)CCC2)c(F)c1. The van der Waals surface area contributed by atoms with Crippen molar-refractivity contribution in [2.24, 2.45) is 0 Å². The molecule has 17 heavy (non-hydrogen) atoms. The van der Waals surface area contributed by atoms with Crippen LogP contribution in [0.1, 0.15) is 24.8 Å². The zero-order chi connectivity index (χ0) is 12.3. The average Bonchev–Trinajstić information content (AvgIpc) is 2.29. The van der Waals surface area contributed by atoms with Crippen LogP contribution in [0, 0.1) is 5.82 Å². The van der Waals surface area contributed by atoms with Gasteiger partial charge in [-0.15, -0.1) is 0 Å². The van der Waals surface area contributed by atoms with Gasteiger partial charge in [0, 0.05) is 24.7 Å². The first-order valence-electron chi connectivity index (χ1n) is 5.88. The van der Waals surface area contributed by atoms with Gasteiger partial charge >= 0.3 is 0 Å². The Morgan fingerprint density at radius 2 is 2.24 bits per heavy atom. The summed E-state index contributed by atoms with van der Waals surface area (Å²) >= 11 is 0. The maximum atomic E-state index is 13.6. The third kappa shape index (κ3) is 2.96. The summed E-state index contributed by atoms with van der Waals surface area (Å²) in [5.41, 5.74) is 0.0249. The largest absolute Gasteiger partial charge is 0.497 e. The monoisotopic (exact) mass is 239 g/mol. The first kappa shape index (κ1) is 12.3. The Hall–Kier alpha value is -1.13. The van der Waals surface area contributed by atoms with Crippen molar-refractivity contribution >= 4 is 0 Å². The zero-order valence-electron chi connectivity index (χ0n) is 10.0. The molecule has 0 unspecified atom stereocenters. The molecule has 0 aliphatic heterocycles. The molecular weight excluding hydrogens is 221 g/mol. The van der Waals surface area contributed by atoms with Crippen LogP contribution in [0.2, 0.25) is 0 Å². The number of methoxy groups -OCH3 is 1. The topological polar surface area (TPSA) is 41.5 Å². The number of aliphatic hydroxyl groups is 1. The summed E-state index contributed by atoms with van der Waals surface area (Å²) in [5, 5.41) is 13.0. The van der Waals surface area contributed by atoms with E-state index in [0.717, 1.165) is 19.3 Å². The molecule has 1 saturated carbocycles. The summed E-state index contributed by atoms with van der Waals surface area (Å²) < 4.78 is 18.5. The second-order valence-electron chi connectivity index (χ2n) is 4.64. The predicted octanol–water partition coefficient (Wildman–Crippen LogP) is 1.84. The van der Waals surface area contributed by atoms with E-state index in [1.54, 1.807) is 12.1 Å². The number of hydrogen-bond acceptors (Lipinski definition) is 3. The van der Waals surface area contributed by atoms with E-state index >= 15 is 0 Å². The van der Waals surface area contributed by atoms with Crippen molar-refractivity contribution in [3.8, 4) is 5.75 Å². The second kappa shape index (κ2) is 5.02. The van der Waals surface area contributed by atoms with Gasteiger partial charge in [0.1, 0.15) is 11.6 Å². The molecule has 0 spiro atoms. The molecule has 2 N–H and O–H groups in total. The summed E-state index contributed by atoms with van der Waals surface area (Å²) in [4.78, 5) is 0. The van der Waals surface area contributed by atoms with Crippen LogP contribution < -0.4 is 10.1 Å². The van der Waals surface area contributed by atoms with E-state index < -0.39 is 5.60 Å². The summed E-state index contributed by atoms with van der Waals surface area (Å²) in [6.45, 7) is 0.955. The average molecular weight is 239 g/mol. The highest BCUT2D eigenvalue weighted by Crippen LogP contribution is 2.30. The van der Waals surface area contributed by atoms with Gasteiger partial charge in [0.05, 0.1) is 12.7 Å². The molecule has 3 nitrogen and oxygen atoms in total. The van der Waals surface area contributed by atoms with Gasteiger partial charge < -0.3 is 15.2 Å². The smallest absolute Gasteiger partial charge is 0.131 e. The van der Waals surface area contributed by atoms with Crippen molar-refractivity contribution < 1.29 is 14.2 Å². The van der Waals surface area contributed by atoms with Crippen molar-refractivity contribution in [2.45, 2.75) is 31.4 Å². The van der Waals surface area contributed by atoms with Gasteiger partial charge in [-0.25, -0.2) is 4.39 Å². The Morgan fingerprint density at radius 1 is 1.47 bits per heavy atom. The molecule has 1 aliphatic rings. The third-order valence-corrected chi connectivity index (χ3v) is 3.31. The lowest BCUT2D eigenvalue weighted by atomic mass is 9.80. The van der Waals surface area contributed by atoms with Crippen LogP contribution in [0.15, 0.2) is 18.2 Å². The fraction of sp³-hybridized carbons (Fsp3) is 0.538. The van der Waals surface area contributed by atoms with Gasteiger partial charge in [0.15, 0.2) is 0 Å². The normalized spacial score (nSPS) is 17.6. The van der Waals surface area contributed by atoms with Crippen LogP contribution in [0.3, 0.4) is 0 Å². The number of ether oxygens (including phenoxy) is 1. The number of rotatable bonds is 5. The maximum Gasteiger partial charge on any atom is 0.131 e. The molecule has 1 aromatic rings. The van der Waals surface area contributed by atoms with Crippen molar-refractivity contribution in [1.82, 2.24) is 5.32 Å². The van der Waals surface area contributed by atoms with Gasteiger partial charge in [0.25, 0.3) is 0 Å². The lowest BCUT2D eigenvalue weighted by Crippen LogP contribution is -2.46. The molecule has 4 heteroatoms. The van der Waals surface area contributed by atoms with Crippen LogP contribution in [0.5, 0.6) is 5.75 Å². The molecule has 1 aromatic carbocycles. The van der Waals surface area contributed by atoms with Crippen molar-refractivity contribution in [1.29, 1.82) is 0 Å². The second-order valence-corrected chi connectivity index (χ2v) is 4.64. The number of halogens is 1. The summed E-state index contributed by atoms with van der Waals surface area (Å²) in [5.74, 6) is 0.237. The van der Waals surface area contributed by atoms with Crippen LogP contribution in [0.4, 0.5) is 4.39 Å². The highest BCUT2D eigenvalue weighted by atomic mass is 19.1. The third-order valence-electron chi connectivity index (χ3n) is 3.31. The molecule has 94 valence electrons. The van der Waals surface area contributed by atoms with E-state index in [9.17, 15) is 9.50 Å². The Morgan fingerprint density at radius 3 is 2.76 bits per heavy atom.